The van der Waals surface area contributed by atoms with E-state index in [9.17, 15) is 27.9 Å². The highest BCUT2D eigenvalue weighted by atomic mass is 19.4. The number of esters is 1. The largest absolute Gasteiger partial charge is 0.506 e. The first kappa shape index (κ1) is 25.6. The third-order valence-electron chi connectivity index (χ3n) is 4.89. The highest BCUT2D eigenvalue weighted by Crippen LogP contribution is 2.39. The van der Waals surface area contributed by atoms with E-state index >= 15 is 0 Å². The van der Waals surface area contributed by atoms with E-state index < -0.39 is 40.6 Å². The Morgan fingerprint density at radius 3 is 1.89 bits per heavy atom. The van der Waals surface area contributed by atoms with Gasteiger partial charge in [-0.05, 0) is 62.2 Å². The van der Waals surface area contributed by atoms with Crippen LogP contribution in [0.15, 0.2) is 60.7 Å². The number of benzene rings is 3. The number of alkyl halides is 3. The van der Waals surface area contributed by atoms with Crippen molar-refractivity contribution in [1.29, 1.82) is 0 Å². The van der Waals surface area contributed by atoms with Gasteiger partial charge >= 0.3 is 18.1 Å². The number of ether oxygens (including phenoxy) is 2. The Labute approximate surface area is 199 Å². The predicted molar refractivity (Wildman–Crippen MR) is 121 cm³/mol. The predicted octanol–water partition coefficient (Wildman–Crippen LogP) is 6.31. The lowest BCUT2D eigenvalue weighted by atomic mass is 10.0. The standard InChI is InChI=1S/C26H23F3O6/c1-25(2,3)35-24(33)21-18(10-13-20(22(21)30)26(27,28)29)14-34-19-11-8-16(9-12-19)15-4-6-17(7-5-15)23(31)32/h4-13,30H,14H2,1-3H3,(H,31,32). The molecule has 0 aliphatic carbocycles. The Kier molecular flexibility index (Phi) is 7.09. The monoisotopic (exact) mass is 488 g/mol. The first-order valence-electron chi connectivity index (χ1n) is 10.5. The summed E-state index contributed by atoms with van der Waals surface area (Å²) >= 11 is 0. The van der Waals surface area contributed by atoms with Crippen LogP contribution in [0.1, 0.15) is 52.6 Å². The van der Waals surface area contributed by atoms with Gasteiger partial charge in [0.25, 0.3) is 0 Å². The van der Waals surface area contributed by atoms with Gasteiger partial charge in [0.1, 0.15) is 29.3 Å². The number of carboxylic acid groups (broad SMARTS) is 1. The van der Waals surface area contributed by atoms with Crippen LogP contribution in [0, 0.1) is 0 Å². The lowest BCUT2D eigenvalue weighted by Gasteiger charge is -2.22. The smallest absolute Gasteiger partial charge is 0.419 e. The lowest BCUT2D eigenvalue weighted by molar-refractivity contribution is -0.138. The minimum Gasteiger partial charge on any atom is -0.506 e. The van der Waals surface area contributed by atoms with E-state index in [2.05, 4.69) is 0 Å². The molecule has 184 valence electrons. The number of aromatic carboxylic acids is 1. The van der Waals surface area contributed by atoms with Crippen molar-refractivity contribution >= 4 is 11.9 Å². The number of hydrogen-bond donors (Lipinski definition) is 2. The molecule has 0 aliphatic rings. The van der Waals surface area contributed by atoms with Crippen LogP contribution in [-0.2, 0) is 17.5 Å². The van der Waals surface area contributed by atoms with Crippen molar-refractivity contribution in [3.05, 3.63) is 82.9 Å². The molecule has 0 heterocycles. The molecule has 35 heavy (non-hydrogen) atoms. The zero-order valence-corrected chi connectivity index (χ0v) is 19.1. The summed E-state index contributed by atoms with van der Waals surface area (Å²) in [5, 5.41) is 19.3. The quantitative estimate of drug-likeness (QED) is 0.395. The van der Waals surface area contributed by atoms with Crippen LogP contribution in [0.5, 0.6) is 11.5 Å². The molecule has 0 amide bonds. The first-order chi connectivity index (χ1) is 16.3. The van der Waals surface area contributed by atoms with Crippen LogP contribution in [0.3, 0.4) is 0 Å². The lowest BCUT2D eigenvalue weighted by Crippen LogP contribution is -2.25. The van der Waals surface area contributed by atoms with Gasteiger partial charge in [0.2, 0.25) is 0 Å². The summed E-state index contributed by atoms with van der Waals surface area (Å²) in [4.78, 5) is 23.6. The van der Waals surface area contributed by atoms with Gasteiger partial charge in [-0.3, -0.25) is 0 Å². The third kappa shape index (κ3) is 6.32. The molecule has 0 fully saturated rings. The van der Waals surface area contributed by atoms with Crippen molar-refractivity contribution in [2.75, 3.05) is 0 Å². The summed E-state index contributed by atoms with van der Waals surface area (Å²) in [5.74, 6) is -2.97. The molecule has 3 aromatic carbocycles. The van der Waals surface area contributed by atoms with E-state index in [4.69, 9.17) is 14.6 Å². The second-order valence-corrected chi connectivity index (χ2v) is 8.69. The summed E-state index contributed by atoms with van der Waals surface area (Å²) in [6.07, 6.45) is -4.86. The van der Waals surface area contributed by atoms with E-state index in [-0.39, 0.29) is 17.7 Å². The van der Waals surface area contributed by atoms with Crippen LogP contribution in [0.4, 0.5) is 13.2 Å². The Balaban J connectivity index is 1.84. The summed E-state index contributed by atoms with van der Waals surface area (Å²) in [5.41, 5.74) is -1.19. The molecule has 0 unspecified atom stereocenters. The zero-order valence-electron chi connectivity index (χ0n) is 19.1. The number of hydrogen-bond acceptors (Lipinski definition) is 5. The molecule has 0 saturated heterocycles. The van der Waals surface area contributed by atoms with Gasteiger partial charge in [0.05, 0.1) is 11.1 Å². The van der Waals surface area contributed by atoms with E-state index in [1.54, 1.807) is 57.2 Å². The molecule has 0 aliphatic heterocycles. The second kappa shape index (κ2) is 9.69. The molecule has 0 bridgehead atoms. The van der Waals surface area contributed by atoms with Crippen LogP contribution in [0.2, 0.25) is 0 Å². The van der Waals surface area contributed by atoms with Gasteiger partial charge in [-0.15, -0.1) is 0 Å². The highest BCUT2D eigenvalue weighted by molar-refractivity contribution is 5.95. The number of carbonyl (C=O) groups is 2. The number of phenols is 1. The van der Waals surface area contributed by atoms with Crippen molar-refractivity contribution in [3.8, 4) is 22.6 Å². The third-order valence-corrected chi connectivity index (χ3v) is 4.89. The van der Waals surface area contributed by atoms with Crippen molar-refractivity contribution < 1.29 is 42.4 Å². The molecule has 3 rings (SSSR count). The maximum atomic E-state index is 13.3. The van der Waals surface area contributed by atoms with Crippen LogP contribution < -0.4 is 4.74 Å². The van der Waals surface area contributed by atoms with E-state index in [0.29, 0.717) is 11.8 Å². The molecular formula is C26H23F3O6. The Morgan fingerprint density at radius 1 is 0.857 bits per heavy atom. The van der Waals surface area contributed by atoms with Crippen molar-refractivity contribution in [2.45, 2.75) is 39.2 Å². The normalized spacial score (nSPS) is 11.7. The molecule has 6 nitrogen and oxygen atoms in total. The minimum atomic E-state index is -4.86. The van der Waals surface area contributed by atoms with Gasteiger partial charge in [-0.25, -0.2) is 9.59 Å². The second-order valence-electron chi connectivity index (χ2n) is 8.69. The van der Waals surface area contributed by atoms with Crippen molar-refractivity contribution in [1.82, 2.24) is 0 Å². The van der Waals surface area contributed by atoms with Crippen molar-refractivity contribution in [3.63, 3.8) is 0 Å². The Morgan fingerprint density at radius 2 is 1.40 bits per heavy atom. The Hall–Kier alpha value is -4.01. The molecule has 0 saturated carbocycles. The van der Waals surface area contributed by atoms with E-state index in [0.717, 1.165) is 17.2 Å². The fourth-order valence-electron chi connectivity index (χ4n) is 3.25. The van der Waals surface area contributed by atoms with Crippen LogP contribution in [-0.4, -0.2) is 27.8 Å². The first-order valence-corrected chi connectivity index (χ1v) is 10.5. The van der Waals surface area contributed by atoms with Gasteiger partial charge in [0.15, 0.2) is 0 Å². The minimum absolute atomic E-state index is 0.0260. The van der Waals surface area contributed by atoms with E-state index in [1.807, 2.05) is 0 Å². The van der Waals surface area contributed by atoms with Crippen LogP contribution in [0.25, 0.3) is 11.1 Å². The van der Waals surface area contributed by atoms with Gasteiger partial charge in [0, 0.05) is 5.56 Å². The van der Waals surface area contributed by atoms with Gasteiger partial charge < -0.3 is 19.7 Å². The fourth-order valence-corrected chi connectivity index (χ4v) is 3.25. The average molecular weight is 488 g/mol. The molecule has 3 aromatic rings. The highest BCUT2D eigenvalue weighted by Gasteiger charge is 2.37. The van der Waals surface area contributed by atoms with Crippen molar-refractivity contribution in [2.24, 2.45) is 0 Å². The van der Waals surface area contributed by atoms with E-state index in [1.165, 1.54) is 12.1 Å². The maximum absolute atomic E-state index is 13.3. The average Bonchev–Trinajstić information content (AvgIpc) is 2.76. The maximum Gasteiger partial charge on any atom is 0.419 e. The SMILES string of the molecule is CC(C)(C)OC(=O)c1c(COc2ccc(-c3ccc(C(=O)O)cc3)cc2)ccc(C(F)(F)F)c1O. The molecular weight excluding hydrogens is 465 g/mol. The zero-order chi connectivity index (χ0) is 26.0. The number of phenolic OH excluding ortho intramolecular Hbond substituents is 1. The number of rotatable bonds is 6. The molecule has 2 N–H and O–H groups in total. The van der Waals surface area contributed by atoms with Crippen LogP contribution >= 0.6 is 0 Å². The topological polar surface area (TPSA) is 93.1 Å². The number of carboxylic acids is 1. The Bertz CT molecular complexity index is 1220. The molecule has 0 atom stereocenters. The number of aromatic hydroxyl groups is 1. The summed E-state index contributed by atoms with van der Waals surface area (Å²) in [6.45, 7) is 4.38. The molecule has 9 heteroatoms. The van der Waals surface area contributed by atoms with Gasteiger partial charge in [-0.2, -0.15) is 13.2 Å². The summed E-state index contributed by atoms with van der Waals surface area (Å²) < 4.78 is 50.7. The summed E-state index contributed by atoms with van der Waals surface area (Å²) in [6, 6.07) is 14.7. The molecule has 0 aromatic heterocycles. The fraction of sp³-hybridized carbons (Fsp3) is 0.231. The summed E-state index contributed by atoms with van der Waals surface area (Å²) in [7, 11) is 0. The number of carbonyl (C=O) groups excluding carboxylic acids is 1. The van der Waals surface area contributed by atoms with Gasteiger partial charge in [-0.1, -0.05) is 30.3 Å². The molecule has 0 spiro atoms. The number of halogens is 3. The molecule has 0 radical (unpaired) electrons.